The van der Waals surface area contributed by atoms with E-state index in [1.54, 1.807) is 0 Å². The summed E-state index contributed by atoms with van der Waals surface area (Å²) in [6.07, 6.45) is -3.44. The van der Waals surface area contributed by atoms with Crippen molar-refractivity contribution < 1.29 is 23.0 Å². The van der Waals surface area contributed by atoms with Gasteiger partial charge in [-0.05, 0) is 36.5 Å². The summed E-state index contributed by atoms with van der Waals surface area (Å²) in [5.74, 6) is -0.0783. The van der Waals surface area contributed by atoms with Crippen LogP contribution in [0.1, 0.15) is 24.4 Å². The van der Waals surface area contributed by atoms with Crippen LogP contribution in [0.5, 0.6) is 5.75 Å². The molecular weight excluding hydrogens is 283 g/mol. The van der Waals surface area contributed by atoms with Gasteiger partial charge in [0.25, 0.3) is 0 Å². The zero-order chi connectivity index (χ0) is 13.3. The summed E-state index contributed by atoms with van der Waals surface area (Å²) < 4.78 is 39.6. The van der Waals surface area contributed by atoms with Gasteiger partial charge in [-0.2, -0.15) is 0 Å². The van der Waals surface area contributed by atoms with Crippen LogP contribution in [-0.2, 0) is 0 Å². The molecule has 3 nitrogen and oxygen atoms in total. The first-order chi connectivity index (χ1) is 8.37. The van der Waals surface area contributed by atoms with Crippen molar-refractivity contribution in [1.29, 1.82) is 0 Å². The predicted octanol–water partition coefficient (Wildman–Crippen LogP) is 2.78. The fourth-order valence-corrected chi connectivity index (χ4v) is 1.82. The van der Waals surface area contributed by atoms with Crippen molar-refractivity contribution in [2.24, 2.45) is 11.7 Å². The van der Waals surface area contributed by atoms with Gasteiger partial charge in [0.1, 0.15) is 5.75 Å². The Hall–Kier alpha value is -0.980. The molecule has 1 aliphatic carbocycles. The van der Waals surface area contributed by atoms with Crippen molar-refractivity contribution in [2.45, 2.75) is 31.3 Å². The van der Waals surface area contributed by atoms with E-state index in [0.29, 0.717) is 5.56 Å². The third kappa shape index (κ3) is 4.56. The van der Waals surface area contributed by atoms with E-state index < -0.39 is 18.5 Å². The monoisotopic (exact) mass is 297 g/mol. The van der Waals surface area contributed by atoms with E-state index in [9.17, 15) is 18.3 Å². The molecule has 7 heteroatoms. The highest BCUT2D eigenvalue weighted by atomic mass is 35.5. The maximum absolute atomic E-state index is 12.0. The van der Waals surface area contributed by atoms with Crippen LogP contribution >= 0.6 is 12.4 Å². The van der Waals surface area contributed by atoms with E-state index in [0.717, 1.165) is 12.8 Å². The molecule has 19 heavy (non-hydrogen) atoms. The zero-order valence-corrected chi connectivity index (χ0v) is 10.7. The van der Waals surface area contributed by atoms with Crippen molar-refractivity contribution in [3.8, 4) is 5.75 Å². The minimum atomic E-state index is -4.70. The Labute approximate surface area is 115 Å². The SMILES string of the molecule is Cl.N[C@@H](c1ccc(OC(F)(F)F)cc1)[C@H](O)C1CC1. The van der Waals surface area contributed by atoms with Crippen LogP contribution in [0, 0.1) is 5.92 Å². The topological polar surface area (TPSA) is 55.5 Å². The maximum atomic E-state index is 12.0. The Morgan fingerprint density at radius 2 is 1.74 bits per heavy atom. The number of hydrogen-bond donors (Lipinski definition) is 2. The zero-order valence-electron chi connectivity index (χ0n) is 9.93. The Morgan fingerprint density at radius 3 is 2.16 bits per heavy atom. The number of aliphatic hydroxyl groups excluding tert-OH is 1. The molecule has 108 valence electrons. The quantitative estimate of drug-likeness (QED) is 0.898. The predicted molar refractivity (Wildman–Crippen MR) is 66.0 cm³/mol. The number of nitrogens with two attached hydrogens (primary N) is 1. The third-order valence-corrected chi connectivity index (χ3v) is 2.97. The van der Waals surface area contributed by atoms with Gasteiger partial charge in [-0.3, -0.25) is 0 Å². The normalized spacial score (nSPS) is 18.4. The van der Waals surface area contributed by atoms with Gasteiger partial charge in [0.15, 0.2) is 0 Å². The fraction of sp³-hybridized carbons (Fsp3) is 0.500. The summed E-state index contributed by atoms with van der Waals surface area (Å²) in [5, 5.41) is 9.83. The first-order valence-corrected chi connectivity index (χ1v) is 5.66. The lowest BCUT2D eigenvalue weighted by molar-refractivity contribution is -0.274. The first kappa shape index (κ1) is 16.1. The Morgan fingerprint density at radius 1 is 1.21 bits per heavy atom. The van der Waals surface area contributed by atoms with Crippen molar-refractivity contribution in [3.63, 3.8) is 0 Å². The molecule has 0 bridgehead atoms. The lowest BCUT2D eigenvalue weighted by Crippen LogP contribution is -2.27. The summed E-state index contributed by atoms with van der Waals surface area (Å²) >= 11 is 0. The van der Waals surface area contributed by atoms with Crippen LogP contribution < -0.4 is 10.5 Å². The van der Waals surface area contributed by atoms with E-state index >= 15 is 0 Å². The average molecular weight is 298 g/mol. The molecule has 0 aliphatic heterocycles. The summed E-state index contributed by atoms with van der Waals surface area (Å²) in [5.41, 5.74) is 6.44. The lowest BCUT2D eigenvalue weighted by Gasteiger charge is -2.19. The Kier molecular flexibility index (Phi) is 5.06. The largest absolute Gasteiger partial charge is 0.573 e. The van der Waals surface area contributed by atoms with Crippen LogP contribution in [0.25, 0.3) is 0 Å². The first-order valence-electron chi connectivity index (χ1n) is 5.66. The highest BCUT2D eigenvalue weighted by Gasteiger charge is 2.34. The molecule has 1 fully saturated rings. The molecule has 0 unspecified atom stereocenters. The summed E-state index contributed by atoms with van der Waals surface area (Å²) in [4.78, 5) is 0. The molecule has 0 aromatic heterocycles. The van der Waals surface area contributed by atoms with Crippen LogP contribution in [-0.4, -0.2) is 17.6 Å². The van der Waals surface area contributed by atoms with E-state index in [4.69, 9.17) is 5.73 Å². The molecule has 2 atom stereocenters. The number of halogens is 4. The third-order valence-electron chi connectivity index (χ3n) is 2.97. The summed E-state index contributed by atoms with van der Waals surface area (Å²) in [6, 6.07) is 4.71. The number of rotatable bonds is 4. The van der Waals surface area contributed by atoms with Gasteiger partial charge >= 0.3 is 6.36 Å². The van der Waals surface area contributed by atoms with Crippen molar-refractivity contribution in [3.05, 3.63) is 29.8 Å². The van der Waals surface area contributed by atoms with Crippen LogP contribution in [0.4, 0.5) is 13.2 Å². The van der Waals surface area contributed by atoms with Gasteiger partial charge in [-0.25, -0.2) is 0 Å². The molecule has 0 amide bonds. The van der Waals surface area contributed by atoms with Gasteiger partial charge < -0.3 is 15.6 Å². The van der Waals surface area contributed by atoms with Gasteiger partial charge in [-0.1, -0.05) is 12.1 Å². The standard InChI is InChI=1S/C12H14F3NO2.ClH/c13-12(14,15)18-9-5-3-7(4-6-9)10(16)11(17)8-1-2-8;/h3-6,8,10-11,17H,1-2,16H2;1H/t10-,11+;/m0./s1. The van der Waals surface area contributed by atoms with E-state index in [-0.39, 0.29) is 24.1 Å². The number of alkyl halides is 3. The summed E-state index contributed by atoms with van der Waals surface area (Å²) in [6.45, 7) is 0. The molecule has 2 rings (SSSR count). The van der Waals surface area contributed by atoms with E-state index in [1.165, 1.54) is 24.3 Å². The Bertz CT molecular complexity index is 406. The van der Waals surface area contributed by atoms with Crippen LogP contribution in [0.2, 0.25) is 0 Å². The molecule has 3 N–H and O–H groups in total. The van der Waals surface area contributed by atoms with E-state index in [2.05, 4.69) is 4.74 Å². The lowest BCUT2D eigenvalue weighted by atomic mass is 9.99. The number of benzene rings is 1. The van der Waals surface area contributed by atoms with Crippen LogP contribution in [0.15, 0.2) is 24.3 Å². The highest BCUT2D eigenvalue weighted by Crippen LogP contribution is 2.37. The second-order valence-corrected chi connectivity index (χ2v) is 4.47. The molecule has 1 saturated carbocycles. The van der Waals surface area contributed by atoms with Crippen molar-refractivity contribution in [1.82, 2.24) is 0 Å². The number of ether oxygens (including phenoxy) is 1. The average Bonchev–Trinajstić information content (AvgIpc) is 3.10. The maximum Gasteiger partial charge on any atom is 0.573 e. The molecule has 0 spiro atoms. The van der Waals surface area contributed by atoms with Gasteiger partial charge in [0, 0.05) is 0 Å². The molecule has 1 aliphatic rings. The minimum absolute atomic E-state index is 0. The van der Waals surface area contributed by atoms with Crippen molar-refractivity contribution >= 4 is 12.4 Å². The Balaban J connectivity index is 0.00000180. The molecule has 1 aromatic carbocycles. The summed E-state index contributed by atoms with van der Waals surface area (Å²) in [7, 11) is 0. The number of hydrogen-bond acceptors (Lipinski definition) is 3. The number of aliphatic hydroxyl groups is 1. The second kappa shape index (κ2) is 5.98. The molecule has 0 saturated heterocycles. The van der Waals surface area contributed by atoms with Crippen molar-refractivity contribution in [2.75, 3.05) is 0 Å². The molecule has 0 radical (unpaired) electrons. The van der Waals surface area contributed by atoms with Gasteiger partial charge in [-0.15, -0.1) is 25.6 Å². The highest BCUT2D eigenvalue weighted by molar-refractivity contribution is 5.85. The van der Waals surface area contributed by atoms with Gasteiger partial charge in [0.2, 0.25) is 0 Å². The van der Waals surface area contributed by atoms with Crippen LogP contribution in [0.3, 0.4) is 0 Å². The molecule has 1 aromatic rings. The van der Waals surface area contributed by atoms with Gasteiger partial charge in [0.05, 0.1) is 12.1 Å². The molecular formula is C12H15ClF3NO2. The molecule has 0 heterocycles. The second-order valence-electron chi connectivity index (χ2n) is 4.47. The minimum Gasteiger partial charge on any atom is -0.406 e. The smallest absolute Gasteiger partial charge is 0.406 e. The van der Waals surface area contributed by atoms with E-state index in [1.807, 2.05) is 0 Å². The fourth-order valence-electron chi connectivity index (χ4n) is 1.82.